The molecule has 0 atom stereocenters. The number of hydrogen-bond acceptors (Lipinski definition) is 5. The molecule has 1 aliphatic rings. The molecule has 116 valence electrons. The molecule has 0 saturated heterocycles. The van der Waals surface area contributed by atoms with E-state index in [1.54, 1.807) is 30.3 Å². The van der Waals surface area contributed by atoms with Crippen LogP contribution in [0.5, 0.6) is 0 Å². The van der Waals surface area contributed by atoms with E-state index < -0.39 is 0 Å². The van der Waals surface area contributed by atoms with Gasteiger partial charge in [-0.25, -0.2) is 4.98 Å². The molecule has 3 rings (SSSR count). The molecular formula is C16H15N5O2. The SMILES string of the molecule is NC(N)=NCCNc1nccc2c1C(=O)c1ccccc1C2=O. The lowest BCUT2D eigenvalue weighted by atomic mass is 9.84. The Labute approximate surface area is 132 Å². The number of hydrogen-bond donors (Lipinski definition) is 3. The fraction of sp³-hybridized carbons (Fsp3) is 0.125. The van der Waals surface area contributed by atoms with Crippen molar-refractivity contribution in [3.8, 4) is 0 Å². The van der Waals surface area contributed by atoms with Gasteiger partial charge in [-0.2, -0.15) is 0 Å². The van der Waals surface area contributed by atoms with Crippen molar-refractivity contribution in [3.63, 3.8) is 0 Å². The Balaban J connectivity index is 1.96. The predicted octanol–water partition coefficient (Wildman–Crippen LogP) is 0.542. The van der Waals surface area contributed by atoms with Crippen LogP contribution in [-0.2, 0) is 0 Å². The van der Waals surface area contributed by atoms with E-state index in [-0.39, 0.29) is 17.5 Å². The van der Waals surface area contributed by atoms with Crippen molar-refractivity contribution >= 4 is 23.3 Å². The van der Waals surface area contributed by atoms with Gasteiger partial charge in [-0.05, 0) is 6.07 Å². The van der Waals surface area contributed by atoms with Crippen molar-refractivity contribution in [1.29, 1.82) is 0 Å². The van der Waals surface area contributed by atoms with Crippen molar-refractivity contribution in [2.45, 2.75) is 0 Å². The van der Waals surface area contributed by atoms with Gasteiger partial charge < -0.3 is 16.8 Å². The van der Waals surface area contributed by atoms with Crippen LogP contribution in [0.4, 0.5) is 5.82 Å². The summed E-state index contributed by atoms with van der Waals surface area (Å²) >= 11 is 0. The number of ketones is 2. The number of aliphatic imine (C=N–C) groups is 1. The molecule has 7 heteroatoms. The van der Waals surface area contributed by atoms with Crippen molar-refractivity contribution in [2.75, 3.05) is 18.4 Å². The van der Waals surface area contributed by atoms with Crippen molar-refractivity contribution in [2.24, 2.45) is 16.5 Å². The second-order valence-electron chi connectivity index (χ2n) is 5.02. The predicted molar refractivity (Wildman–Crippen MR) is 86.7 cm³/mol. The third kappa shape index (κ3) is 2.64. The summed E-state index contributed by atoms with van der Waals surface area (Å²) in [5.74, 6) is -0.0336. The number of guanidine groups is 1. The first kappa shape index (κ1) is 14.7. The van der Waals surface area contributed by atoms with Crippen LogP contribution in [0.2, 0.25) is 0 Å². The smallest absolute Gasteiger partial charge is 0.198 e. The van der Waals surface area contributed by atoms with Gasteiger partial charge in [0.15, 0.2) is 17.5 Å². The summed E-state index contributed by atoms with van der Waals surface area (Å²) in [5, 5.41) is 3.01. The molecular weight excluding hydrogens is 294 g/mol. The number of aromatic nitrogens is 1. The molecule has 0 unspecified atom stereocenters. The van der Waals surface area contributed by atoms with Crippen LogP contribution in [0.25, 0.3) is 0 Å². The molecule has 7 nitrogen and oxygen atoms in total. The highest BCUT2D eigenvalue weighted by molar-refractivity contribution is 6.29. The Morgan fingerprint density at radius 2 is 1.74 bits per heavy atom. The highest BCUT2D eigenvalue weighted by atomic mass is 16.1. The quantitative estimate of drug-likeness (QED) is 0.367. The minimum Gasteiger partial charge on any atom is -0.370 e. The minimum atomic E-state index is -0.215. The van der Waals surface area contributed by atoms with Gasteiger partial charge in [0.2, 0.25) is 0 Å². The number of carbonyl (C=O) groups excluding carboxylic acids is 2. The molecule has 0 fully saturated rings. The van der Waals surface area contributed by atoms with Crippen LogP contribution >= 0.6 is 0 Å². The van der Waals surface area contributed by atoms with Gasteiger partial charge in [0.1, 0.15) is 5.82 Å². The second-order valence-corrected chi connectivity index (χ2v) is 5.02. The number of nitrogens with two attached hydrogens (primary N) is 2. The van der Waals surface area contributed by atoms with E-state index in [0.717, 1.165) is 0 Å². The largest absolute Gasteiger partial charge is 0.370 e. The number of anilines is 1. The van der Waals surface area contributed by atoms with Crippen LogP contribution in [0, 0.1) is 0 Å². The van der Waals surface area contributed by atoms with Crippen LogP contribution in [0.3, 0.4) is 0 Å². The van der Waals surface area contributed by atoms with E-state index in [9.17, 15) is 9.59 Å². The van der Waals surface area contributed by atoms with Crippen LogP contribution in [-0.4, -0.2) is 35.6 Å². The van der Waals surface area contributed by atoms with E-state index in [1.165, 1.54) is 6.20 Å². The zero-order chi connectivity index (χ0) is 16.4. The van der Waals surface area contributed by atoms with Gasteiger partial charge in [-0.1, -0.05) is 24.3 Å². The van der Waals surface area contributed by atoms with Gasteiger partial charge in [-0.3, -0.25) is 14.6 Å². The summed E-state index contributed by atoms with van der Waals surface area (Å²) < 4.78 is 0. The Kier molecular flexibility index (Phi) is 3.76. The number of nitrogens with one attached hydrogen (secondary N) is 1. The Morgan fingerprint density at radius 3 is 2.43 bits per heavy atom. The molecule has 23 heavy (non-hydrogen) atoms. The van der Waals surface area contributed by atoms with Gasteiger partial charge in [0.25, 0.3) is 0 Å². The third-order valence-corrected chi connectivity index (χ3v) is 3.54. The van der Waals surface area contributed by atoms with E-state index >= 15 is 0 Å². The van der Waals surface area contributed by atoms with Crippen LogP contribution in [0.15, 0.2) is 41.5 Å². The molecule has 0 bridgehead atoms. The van der Waals surface area contributed by atoms with Gasteiger partial charge >= 0.3 is 0 Å². The number of pyridine rings is 1. The zero-order valence-electron chi connectivity index (χ0n) is 12.2. The first-order valence-corrected chi connectivity index (χ1v) is 7.06. The number of nitrogens with zero attached hydrogens (tertiary/aromatic N) is 2. The monoisotopic (exact) mass is 309 g/mol. The molecule has 1 heterocycles. The Bertz CT molecular complexity index is 825. The average Bonchev–Trinajstić information content (AvgIpc) is 2.56. The van der Waals surface area contributed by atoms with Crippen molar-refractivity contribution < 1.29 is 9.59 Å². The molecule has 1 aliphatic carbocycles. The van der Waals surface area contributed by atoms with Crippen LogP contribution < -0.4 is 16.8 Å². The molecule has 0 radical (unpaired) electrons. The second kappa shape index (κ2) is 5.88. The Hall–Kier alpha value is -3.22. The lowest BCUT2D eigenvalue weighted by molar-refractivity contribution is 0.0979. The summed E-state index contributed by atoms with van der Waals surface area (Å²) in [5.41, 5.74) is 12.0. The van der Waals surface area contributed by atoms with Gasteiger partial charge in [0, 0.05) is 29.4 Å². The summed E-state index contributed by atoms with van der Waals surface area (Å²) in [7, 11) is 0. The number of carbonyl (C=O) groups is 2. The summed E-state index contributed by atoms with van der Waals surface area (Å²) in [6.07, 6.45) is 1.50. The van der Waals surface area contributed by atoms with Crippen molar-refractivity contribution in [1.82, 2.24) is 4.98 Å². The highest BCUT2D eigenvalue weighted by Gasteiger charge is 2.31. The molecule has 0 spiro atoms. The first-order chi connectivity index (χ1) is 11.1. The molecule has 1 aromatic heterocycles. The van der Waals surface area contributed by atoms with E-state index in [0.29, 0.717) is 41.2 Å². The normalized spacial score (nSPS) is 12.3. The summed E-state index contributed by atoms with van der Waals surface area (Å²) in [6, 6.07) is 8.34. The third-order valence-electron chi connectivity index (χ3n) is 3.54. The standard InChI is InChI=1S/C16H15N5O2/c17-16(18)21-8-7-20-15-12-11(5-6-19-15)13(22)9-3-1-2-4-10(9)14(12)23/h1-6H,7-8H2,(H,19,20)(H4,17,18,21). The maximum absolute atomic E-state index is 12.7. The molecule has 1 aromatic carbocycles. The number of fused-ring (bicyclic) bond motifs is 2. The summed E-state index contributed by atoms with van der Waals surface area (Å²) in [4.78, 5) is 33.3. The number of benzene rings is 1. The van der Waals surface area contributed by atoms with E-state index in [2.05, 4.69) is 15.3 Å². The first-order valence-electron chi connectivity index (χ1n) is 7.06. The van der Waals surface area contributed by atoms with Crippen molar-refractivity contribution in [3.05, 3.63) is 58.8 Å². The highest BCUT2D eigenvalue weighted by Crippen LogP contribution is 2.30. The lowest BCUT2D eigenvalue weighted by Crippen LogP contribution is -2.25. The molecule has 5 N–H and O–H groups in total. The lowest BCUT2D eigenvalue weighted by Gasteiger charge is -2.19. The van der Waals surface area contributed by atoms with Gasteiger partial charge in [0.05, 0.1) is 12.1 Å². The van der Waals surface area contributed by atoms with E-state index in [4.69, 9.17) is 11.5 Å². The fourth-order valence-corrected chi connectivity index (χ4v) is 2.53. The fourth-order valence-electron chi connectivity index (χ4n) is 2.53. The molecule has 0 amide bonds. The minimum absolute atomic E-state index is 0.00460. The molecule has 2 aromatic rings. The maximum atomic E-state index is 12.7. The van der Waals surface area contributed by atoms with E-state index in [1.807, 2.05) is 0 Å². The number of rotatable bonds is 4. The molecule has 0 aliphatic heterocycles. The average molecular weight is 309 g/mol. The Morgan fingerprint density at radius 1 is 1.04 bits per heavy atom. The molecule has 0 saturated carbocycles. The van der Waals surface area contributed by atoms with Crippen LogP contribution in [0.1, 0.15) is 31.8 Å². The summed E-state index contributed by atoms with van der Waals surface area (Å²) in [6.45, 7) is 0.733. The zero-order valence-corrected chi connectivity index (χ0v) is 12.2. The van der Waals surface area contributed by atoms with Gasteiger partial charge in [-0.15, -0.1) is 0 Å². The topological polar surface area (TPSA) is 123 Å². The maximum Gasteiger partial charge on any atom is 0.198 e.